The van der Waals surface area contributed by atoms with E-state index in [4.69, 9.17) is 11.5 Å². The van der Waals surface area contributed by atoms with E-state index in [0.29, 0.717) is 38.8 Å². The van der Waals surface area contributed by atoms with Crippen molar-refractivity contribution < 1.29 is 14.4 Å². The van der Waals surface area contributed by atoms with Crippen molar-refractivity contribution in [2.75, 3.05) is 13.1 Å². The van der Waals surface area contributed by atoms with Gasteiger partial charge in [0.2, 0.25) is 17.7 Å². The Bertz CT molecular complexity index is 1260. The predicted molar refractivity (Wildman–Crippen MR) is 150 cm³/mol. The van der Waals surface area contributed by atoms with Crippen LogP contribution in [0.1, 0.15) is 30.9 Å². The van der Waals surface area contributed by atoms with Crippen LogP contribution in [0.5, 0.6) is 0 Å². The molecule has 0 radical (unpaired) electrons. The number of amides is 3. The summed E-state index contributed by atoms with van der Waals surface area (Å²) in [6, 6.07) is 22.1. The van der Waals surface area contributed by atoms with Gasteiger partial charge in [0, 0.05) is 26.4 Å². The Morgan fingerprint density at radius 2 is 1.53 bits per heavy atom. The van der Waals surface area contributed by atoms with Crippen molar-refractivity contribution in [3.05, 3.63) is 83.9 Å². The van der Waals surface area contributed by atoms with Crippen LogP contribution in [-0.2, 0) is 27.2 Å². The van der Waals surface area contributed by atoms with Crippen molar-refractivity contribution in [3.8, 4) is 0 Å². The second-order valence-corrected chi connectivity index (χ2v) is 9.18. The lowest BCUT2D eigenvalue weighted by molar-refractivity contribution is -0.131. The van der Waals surface area contributed by atoms with Gasteiger partial charge in [-0.05, 0) is 41.2 Å². The molecular weight excluding hydrogens is 480 g/mol. The SMILES string of the molecule is CC(=O)N[C@H](Cc1ccccc1)C(=O)N[C@@H](CCCN=C(N)N)C(=O)NCCc1ccc2ccccc2c1. The molecule has 0 saturated heterocycles. The molecule has 3 aromatic rings. The Balaban J connectivity index is 1.64. The standard InChI is InChI=1S/C29H36N6O3/c1-20(36)34-26(19-21-8-3-2-4-9-21)28(38)35-25(12-7-16-33-29(30)31)27(37)32-17-15-22-13-14-23-10-5-6-11-24(23)18-22/h2-6,8-11,13-14,18,25-26H,7,12,15-17,19H2,1H3,(H,32,37)(H,34,36)(H,35,38)(H4,30,31,33)/t25-,26+/m0/s1. The topological polar surface area (TPSA) is 152 Å². The highest BCUT2D eigenvalue weighted by molar-refractivity contribution is 5.92. The number of nitrogens with zero attached hydrogens (tertiary/aromatic N) is 1. The number of carbonyl (C=O) groups is 3. The molecule has 0 spiro atoms. The lowest BCUT2D eigenvalue weighted by Gasteiger charge is -2.23. The zero-order valence-corrected chi connectivity index (χ0v) is 21.7. The van der Waals surface area contributed by atoms with Gasteiger partial charge < -0.3 is 27.4 Å². The fourth-order valence-corrected chi connectivity index (χ4v) is 4.20. The highest BCUT2D eigenvalue weighted by atomic mass is 16.2. The molecule has 0 fully saturated rings. The number of nitrogens with two attached hydrogens (primary N) is 2. The molecule has 3 amide bonds. The molecule has 0 aromatic heterocycles. The molecular formula is C29H36N6O3. The first-order valence-electron chi connectivity index (χ1n) is 12.7. The van der Waals surface area contributed by atoms with Crippen molar-refractivity contribution in [2.24, 2.45) is 16.5 Å². The summed E-state index contributed by atoms with van der Waals surface area (Å²) in [6.45, 7) is 2.10. The van der Waals surface area contributed by atoms with E-state index in [1.54, 1.807) is 0 Å². The van der Waals surface area contributed by atoms with Crippen molar-refractivity contribution in [1.82, 2.24) is 16.0 Å². The van der Waals surface area contributed by atoms with Crippen LogP contribution in [0.25, 0.3) is 10.8 Å². The minimum Gasteiger partial charge on any atom is -0.370 e. The van der Waals surface area contributed by atoms with Crippen molar-refractivity contribution in [3.63, 3.8) is 0 Å². The second-order valence-electron chi connectivity index (χ2n) is 9.18. The van der Waals surface area contributed by atoms with Crippen LogP contribution in [0.15, 0.2) is 77.8 Å². The van der Waals surface area contributed by atoms with Gasteiger partial charge in [0.15, 0.2) is 5.96 Å². The molecule has 9 nitrogen and oxygen atoms in total. The largest absolute Gasteiger partial charge is 0.370 e. The van der Waals surface area contributed by atoms with Crippen LogP contribution >= 0.6 is 0 Å². The van der Waals surface area contributed by atoms with E-state index in [-0.39, 0.29) is 17.8 Å². The lowest BCUT2D eigenvalue weighted by Crippen LogP contribution is -2.54. The fraction of sp³-hybridized carbons (Fsp3) is 0.310. The molecule has 2 atom stereocenters. The summed E-state index contributed by atoms with van der Waals surface area (Å²) in [5.41, 5.74) is 12.8. The van der Waals surface area contributed by atoms with Gasteiger partial charge >= 0.3 is 0 Å². The smallest absolute Gasteiger partial charge is 0.243 e. The molecule has 0 aliphatic carbocycles. The molecule has 0 heterocycles. The van der Waals surface area contributed by atoms with Gasteiger partial charge in [-0.25, -0.2) is 0 Å². The maximum atomic E-state index is 13.2. The summed E-state index contributed by atoms with van der Waals surface area (Å²) in [6.07, 6.45) is 1.78. The zero-order valence-electron chi connectivity index (χ0n) is 21.7. The van der Waals surface area contributed by atoms with Crippen LogP contribution in [-0.4, -0.2) is 48.9 Å². The van der Waals surface area contributed by atoms with E-state index < -0.39 is 18.0 Å². The van der Waals surface area contributed by atoms with E-state index >= 15 is 0 Å². The van der Waals surface area contributed by atoms with Gasteiger partial charge in [0.05, 0.1) is 0 Å². The maximum Gasteiger partial charge on any atom is 0.243 e. The number of hydrogen-bond acceptors (Lipinski definition) is 4. The van der Waals surface area contributed by atoms with Crippen molar-refractivity contribution in [1.29, 1.82) is 0 Å². The van der Waals surface area contributed by atoms with Gasteiger partial charge in [-0.1, -0.05) is 72.8 Å². The third-order valence-corrected chi connectivity index (χ3v) is 6.08. The second kappa shape index (κ2) is 14.4. The van der Waals surface area contributed by atoms with Gasteiger partial charge in [-0.2, -0.15) is 0 Å². The summed E-state index contributed by atoms with van der Waals surface area (Å²) in [4.78, 5) is 42.1. The van der Waals surface area contributed by atoms with Gasteiger partial charge in [0.25, 0.3) is 0 Å². The molecule has 3 rings (SSSR count). The Kier molecular flexibility index (Phi) is 10.7. The van der Waals surface area contributed by atoms with E-state index in [0.717, 1.165) is 21.9 Å². The Labute approximate surface area is 223 Å². The molecule has 3 aromatic carbocycles. The number of rotatable bonds is 13. The average molecular weight is 517 g/mol. The first-order chi connectivity index (χ1) is 18.3. The van der Waals surface area contributed by atoms with Crippen LogP contribution in [0.4, 0.5) is 0 Å². The minimum absolute atomic E-state index is 0.0287. The summed E-state index contributed by atoms with van der Waals surface area (Å²) in [7, 11) is 0. The molecule has 0 bridgehead atoms. The van der Waals surface area contributed by atoms with E-state index in [1.165, 1.54) is 6.92 Å². The van der Waals surface area contributed by atoms with Gasteiger partial charge in [-0.15, -0.1) is 0 Å². The highest BCUT2D eigenvalue weighted by Crippen LogP contribution is 2.15. The fourth-order valence-electron chi connectivity index (χ4n) is 4.20. The quantitative estimate of drug-likeness (QED) is 0.133. The van der Waals surface area contributed by atoms with E-state index in [2.05, 4.69) is 45.2 Å². The van der Waals surface area contributed by atoms with Gasteiger partial charge in [0.1, 0.15) is 12.1 Å². The van der Waals surface area contributed by atoms with E-state index in [9.17, 15) is 14.4 Å². The molecule has 38 heavy (non-hydrogen) atoms. The average Bonchev–Trinajstić information content (AvgIpc) is 2.90. The minimum atomic E-state index is -0.819. The number of benzene rings is 3. The van der Waals surface area contributed by atoms with Crippen LogP contribution in [0.3, 0.4) is 0 Å². The van der Waals surface area contributed by atoms with Crippen LogP contribution < -0.4 is 27.4 Å². The normalized spacial score (nSPS) is 12.2. The Morgan fingerprint density at radius 1 is 0.816 bits per heavy atom. The number of fused-ring (bicyclic) bond motifs is 1. The summed E-state index contributed by atoms with van der Waals surface area (Å²) in [5, 5.41) is 10.8. The van der Waals surface area contributed by atoms with Crippen LogP contribution in [0, 0.1) is 0 Å². The molecule has 0 unspecified atom stereocenters. The monoisotopic (exact) mass is 516 g/mol. The number of guanidine groups is 1. The summed E-state index contributed by atoms with van der Waals surface area (Å²) >= 11 is 0. The molecule has 9 heteroatoms. The lowest BCUT2D eigenvalue weighted by atomic mass is 10.0. The van der Waals surface area contributed by atoms with Crippen LogP contribution in [0.2, 0.25) is 0 Å². The third kappa shape index (κ3) is 9.24. The first-order valence-corrected chi connectivity index (χ1v) is 12.7. The third-order valence-electron chi connectivity index (χ3n) is 6.08. The summed E-state index contributed by atoms with van der Waals surface area (Å²) < 4.78 is 0. The Hall–Kier alpha value is -4.40. The molecule has 0 aliphatic rings. The number of hydrogen-bond donors (Lipinski definition) is 5. The molecule has 0 aliphatic heterocycles. The predicted octanol–water partition coefficient (Wildman–Crippen LogP) is 1.78. The first kappa shape index (κ1) is 28.2. The molecule has 7 N–H and O–H groups in total. The Morgan fingerprint density at radius 3 is 2.24 bits per heavy atom. The van der Waals surface area contributed by atoms with E-state index in [1.807, 2.05) is 48.5 Å². The van der Waals surface area contributed by atoms with Crippen molar-refractivity contribution >= 4 is 34.5 Å². The molecule has 0 saturated carbocycles. The molecule has 200 valence electrons. The highest BCUT2D eigenvalue weighted by Gasteiger charge is 2.26. The number of aliphatic imine (C=N–C) groups is 1. The van der Waals surface area contributed by atoms with Crippen molar-refractivity contribution in [2.45, 2.75) is 44.7 Å². The summed E-state index contributed by atoms with van der Waals surface area (Å²) in [5.74, 6) is -1.09. The zero-order chi connectivity index (χ0) is 27.3. The number of carbonyl (C=O) groups excluding carboxylic acids is 3. The number of nitrogens with one attached hydrogen (secondary N) is 3. The maximum absolute atomic E-state index is 13.2. The van der Waals surface area contributed by atoms with Gasteiger partial charge in [-0.3, -0.25) is 19.4 Å².